The number of non-ortho nitro benzene ring substituents is 1. The average Bonchev–Trinajstić information content (AvgIpc) is 3.18. The number of anilines is 1. The molecule has 3 aromatic carbocycles. The predicted octanol–water partition coefficient (Wildman–Crippen LogP) is 6.19. The molecule has 0 aliphatic heterocycles. The first kappa shape index (κ1) is 24.9. The SMILES string of the molecule is CCN(CC)c1ccc(/C(=N\OC(C)=O)c2ccc3c(c2)c2cc([N+](=O)[O-])ccc2n3CC)c(C)c1. The van der Waals surface area contributed by atoms with Crippen molar-refractivity contribution in [3.05, 3.63) is 81.4 Å². The molecule has 0 unspecified atom stereocenters. The van der Waals surface area contributed by atoms with Crippen LogP contribution >= 0.6 is 0 Å². The van der Waals surface area contributed by atoms with Gasteiger partial charge in [-0.3, -0.25) is 10.1 Å². The molecule has 1 heterocycles. The Morgan fingerprint density at radius 1 is 1.00 bits per heavy atom. The summed E-state index contributed by atoms with van der Waals surface area (Å²) in [7, 11) is 0. The molecule has 186 valence electrons. The molecule has 36 heavy (non-hydrogen) atoms. The molecule has 8 heteroatoms. The molecule has 0 bridgehead atoms. The monoisotopic (exact) mass is 486 g/mol. The maximum atomic E-state index is 11.6. The fourth-order valence-corrected chi connectivity index (χ4v) is 4.76. The quantitative estimate of drug-likeness (QED) is 0.128. The molecule has 0 amide bonds. The molecule has 0 spiro atoms. The van der Waals surface area contributed by atoms with E-state index in [0.29, 0.717) is 5.71 Å². The number of carbonyl (C=O) groups excluding carboxylic acids is 1. The lowest BCUT2D eigenvalue weighted by Gasteiger charge is -2.22. The summed E-state index contributed by atoms with van der Waals surface area (Å²) in [6.07, 6.45) is 0. The largest absolute Gasteiger partial charge is 0.372 e. The Kier molecular flexibility index (Phi) is 7.05. The van der Waals surface area contributed by atoms with Crippen LogP contribution in [0.2, 0.25) is 0 Å². The van der Waals surface area contributed by atoms with Crippen LogP contribution < -0.4 is 4.90 Å². The maximum Gasteiger partial charge on any atom is 0.332 e. The third-order valence-corrected chi connectivity index (χ3v) is 6.51. The molecule has 0 saturated carbocycles. The first-order valence-electron chi connectivity index (χ1n) is 12.1. The van der Waals surface area contributed by atoms with Crippen LogP contribution in [-0.2, 0) is 16.2 Å². The van der Waals surface area contributed by atoms with Crippen LogP contribution in [-0.4, -0.2) is 34.3 Å². The molecule has 4 rings (SSSR count). The summed E-state index contributed by atoms with van der Waals surface area (Å²) < 4.78 is 2.13. The van der Waals surface area contributed by atoms with Gasteiger partial charge in [-0.25, -0.2) is 4.79 Å². The highest BCUT2D eigenvalue weighted by Gasteiger charge is 2.18. The van der Waals surface area contributed by atoms with Crippen LogP contribution in [0.3, 0.4) is 0 Å². The lowest BCUT2D eigenvalue weighted by molar-refractivity contribution is -0.384. The van der Waals surface area contributed by atoms with Crippen molar-refractivity contribution in [3.8, 4) is 0 Å². The van der Waals surface area contributed by atoms with Gasteiger partial charge in [0.2, 0.25) is 0 Å². The van der Waals surface area contributed by atoms with Gasteiger partial charge in [0.25, 0.3) is 5.69 Å². The fourth-order valence-electron chi connectivity index (χ4n) is 4.76. The van der Waals surface area contributed by atoms with Gasteiger partial charge < -0.3 is 14.3 Å². The van der Waals surface area contributed by atoms with Crippen LogP contribution in [0.25, 0.3) is 21.8 Å². The van der Waals surface area contributed by atoms with Crippen molar-refractivity contribution in [3.63, 3.8) is 0 Å². The molecule has 0 saturated heterocycles. The normalized spacial score (nSPS) is 11.8. The molecule has 0 atom stereocenters. The minimum Gasteiger partial charge on any atom is -0.372 e. The van der Waals surface area contributed by atoms with Gasteiger partial charge in [0.1, 0.15) is 5.71 Å². The van der Waals surface area contributed by atoms with E-state index >= 15 is 0 Å². The number of rotatable bonds is 8. The number of hydrogen-bond acceptors (Lipinski definition) is 6. The predicted molar refractivity (Wildman–Crippen MR) is 144 cm³/mol. The molecule has 0 fully saturated rings. The lowest BCUT2D eigenvalue weighted by Crippen LogP contribution is -2.22. The van der Waals surface area contributed by atoms with E-state index in [-0.39, 0.29) is 10.6 Å². The van der Waals surface area contributed by atoms with Crippen LogP contribution in [0.1, 0.15) is 44.4 Å². The van der Waals surface area contributed by atoms with E-state index in [1.807, 2.05) is 44.2 Å². The van der Waals surface area contributed by atoms with Gasteiger partial charge >= 0.3 is 5.97 Å². The zero-order valence-corrected chi connectivity index (χ0v) is 21.2. The number of aryl methyl sites for hydroxylation is 2. The van der Waals surface area contributed by atoms with E-state index in [0.717, 1.165) is 63.8 Å². The summed E-state index contributed by atoms with van der Waals surface area (Å²) in [5.41, 5.74) is 6.17. The summed E-state index contributed by atoms with van der Waals surface area (Å²) in [5, 5.41) is 17.4. The van der Waals surface area contributed by atoms with Crippen molar-refractivity contribution in [2.75, 3.05) is 18.0 Å². The standard InChI is InChI=1S/C28H30N4O4/c1-6-30(7-2)21-10-12-23(18(4)15-21)28(29-36-19(5)33)20-9-13-26-24(16-20)25-17-22(32(34)35)11-14-27(25)31(26)8-3/h9-17H,6-8H2,1-5H3/b29-28-. The highest BCUT2D eigenvalue weighted by Crippen LogP contribution is 2.33. The van der Waals surface area contributed by atoms with Crippen molar-refractivity contribution in [1.29, 1.82) is 0 Å². The van der Waals surface area contributed by atoms with E-state index in [4.69, 9.17) is 4.84 Å². The molecule has 1 aromatic heterocycles. The molecule has 0 radical (unpaired) electrons. The van der Waals surface area contributed by atoms with E-state index in [1.165, 1.54) is 13.0 Å². The zero-order chi connectivity index (χ0) is 26.0. The molecule has 0 aliphatic rings. The van der Waals surface area contributed by atoms with Crippen LogP contribution in [0, 0.1) is 17.0 Å². The number of oxime groups is 1. The van der Waals surface area contributed by atoms with E-state index in [1.54, 1.807) is 12.1 Å². The van der Waals surface area contributed by atoms with Crippen molar-refractivity contribution in [1.82, 2.24) is 4.57 Å². The molecule has 4 aromatic rings. The summed E-state index contributed by atoms with van der Waals surface area (Å²) in [6.45, 7) is 12.1. The van der Waals surface area contributed by atoms with Crippen LogP contribution in [0.5, 0.6) is 0 Å². The molecular formula is C28H30N4O4. The summed E-state index contributed by atoms with van der Waals surface area (Å²) >= 11 is 0. The number of nitro groups is 1. The summed E-state index contributed by atoms with van der Waals surface area (Å²) in [5.74, 6) is -0.510. The van der Waals surface area contributed by atoms with Gasteiger partial charge in [-0.15, -0.1) is 0 Å². The number of benzene rings is 3. The number of aromatic nitrogens is 1. The molecule has 0 aliphatic carbocycles. The van der Waals surface area contributed by atoms with E-state index in [9.17, 15) is 14.9 Å². The van der Waals surface area contributed by atoms with Gasteiger partial charge in [0.15, 0.2) is 0 Å². The second-order valence-corrected chi connectivity index (χ2v) is 8.63. The fraction of sp³-hybridized carbons (Fsp3) is 0.286. The first-order valence-corrected chi connectivity index (χ1v) is 12.1. The highest BCUT2D eigenvalue weighted by molar-refractivity contribution is 6.17. The Labute approximate surface area is 209 Å². The van der Waals surface area contributed by atoms with Gasteiger partial charge in [0.05, 0.1) is 4.92 Å². The Morgan fingerprint density at radius 3 is 2.25 bits per heavy atom. The van der Waals surface area contributed by atoms with Gasteiger partial charge in [-0.1, -0.05) is 17.3 Å². The minimum atomic E-state index is -0.510. The van der Waals surface area contributed by atoms with Crippen molar-refractivity contribution in [2.24, 2.45) is 5.16 Å². The highest BCUT2D eigenvalue weighted by atomic mass is 16.7. The van der Waals surface area contributed by atoms with E-state index in [2.05, 4.69) is 34.5 Å². The first-order chi connectivity index (χ1) is 17.3. The van der Waals surface area contributed by atoms with Crippen LogP contribution in [0.4, 0.5) is 11.4 Å². The van der Waals surface area contributed by atoms with Gasteiger partial charge in [-0.2, -0.15) is 0 Å². The average molecular weight is 487 g/mol. The zero-order valence-electron chi connectivity index (χ0n) is 21.2. The van der Waals surface area contributed by atoms with Crippen LogP contribution in [0.15, 0.2) is 59.8 Å². The lowest BCUT2D eigenvalue weighted by atomic mass is 9.96. The number of fused-ring (bicyclic) bond motifs is 3. The Morgan fingerprint density at radius 2 is 1.67 bits per heavy atom. The minimum absolute atomic E-state index is 0.0414. The Balaban J connectivity index is 1.93. The van der Waals surface area contributed by atoms with E-state index < -0.39 is 5.97 Å². The number of carbonyl (C=O) groups is 1. The number of hydrogen-bond donors (Lipinski definition) is 0. The smallest absolute Gasteiger partial charge is 0.332 e. The number of nitrogens with zero attached hydrogens (tertiary/aromatic N) is 4. The number of nitro benzene ring substituents is 1. The second kappa shape index (κ2) is 10.2. The summed E-state index contributed by atoms with van der Waals surface area (Å²) in [6, 6.07) is 17.0. The Bertz CT molecular complexity index is 1500. The molecule has 8 nitrogen and oxygen atoms in total. The molecule has 0 N–H and O–H groups in total. The second-order valence-electron chi connectivity index (χ2n) is 8.63. The topological polar surface area (TPSA) is 90.0 Å². The van der Waals surface area contributed by atoms with Crippen molar-refractivity contribution >= 4 is 44.9 Å². The third kappa shape index (κ3) is 4.54. The van der Waals surface area contributed by atoms with Crippen molar-refractivity contribution in [2.45, 2.75) is 41.2 Å². The third-order valence-electron chi connectivity index (χ3n) is 6.51. The summed E-state index contributed by atoms with van der Waals surface area (Å²) in [4.78, 5) is 30.1. The van der Waals surface area contributed by atoms with Gasteiger partial charge in [-0.05, 0) is 63.6 Å². The molecular weight excluding hydrogens is 456 g/mol. The maximum absolute atomic E-state index is 11.6. The Hall–Kier alpha value is -4.20. The van der Waals surface area contributed by atoms with Crippen molar-refractivity contribution < 1.29 is 14.6 Å². The van der Waals surface area contributed by atoms with Gasteiger partial charge in [0, 0.05) is 77.3 Å².